The zero-order chi connectivity index (χ0) is 19.4. The largest absolute Gasteiger partial charge is 0.369 e. The van der Waals surface area contributed by atoms with Gasteiger partial charge in [0.05, 0.1) is 0 Å². The van der Waals surface area contributed by atoms with E-state index in [2.05, 4.69) is 56.7 Å². The fourth-order valence-corrected chi connectivity index (χ4v) is 3.02. The van der Waals surface area contributed by atoms with Crippen molar-refractivity contribution in [3.8, 4) is 0 Å². The van der Waals surface area contributed by atoms with E-state index in [9.17, 15) is 4.79 Å². The summed E-state index contributed by atoms with van der Waals surface area (Å²) in [6, 6.07) is 12.1. The highest BCUT2D eigenvalue weighted by molar-refractivity contribution is 5.93. The van der Waals surface area contributed by atoms with Crippen molar-refractivity contribution in [1.82, 2.24) is 15.2 Å². The Labute approximate surface area is 161 Å². The fourth-order valence-electron chi connectivity index (χ4n) is 3.02. The number of carbonyl (C=O) groups is 1. The molecule has 3 rings (SSSR count). The molecule has 1 fully saturated rings. The summed E-state index contributed by atoms with van der Waals surface area (Å²) in [5.74, 6) is -0.170. The molecule has 2 N–H and O–H groups in total. The second-order valence-electron chi connectivity index (χ2n) is 8.10. The number of piperazine rings is 1. The van der Waals surface area contributed by atoms with Gasteiger partial charge in [-0.15, -0.1) is 0 Å². The fraction of sp³-hybridized carbons (Fsp3) is 0.429. The number of nitrogens with zero attached hydrogens (tertiary/aromatic N) is 3. The smallest absolute Gasteiger partial charge is 0.270 e. The van der Waals surface area contributed by atoms with Crippen LogP contribution in [0.4, 0.5) is 17.1 Å². The Bertz CT molecular complexity index is 774. The zero-order valence-electron chi connectivity index (χ0n) is 16.6. The molecule has 0 atom stereocenters. The summed E-state index contributed by atoms with van der Waals surface area (Å²) in [5, 5.41) is 6.29. The van der Waals surface area contributed by atoms with E-state index in [1.54, 1.807) is 12.3 Å². The van der Waals surface area contributed by atoms with Crippen molar-refractivity contribution in [2.24, 2.45) is 0 Å². The van der Waals surface area contributed by atoms with Gasteiger partial charge in [-0.1, -0.05) is 0 Å². The van der Waals surface area contributed by atoms with Gasteiger partial charge in [-0.2, -0.15) is 0 Å². The highest BCUT2D eigenvalue weighted by Gasteiger charge is 2.17. The van der Waals surface area contributed by atoms with Crippen LogP contribution in [0.5, 0.6) is 0 Å². The number of anilines is 3. The van der Waals surface area contributed by atoms with Crippen molar-refractivity contribution in [3.05, 3.63) is 48.3 Å². The lowest BCUT2D eigenvalue weighted by Crippen LogP contribution is -2.44. The van der Waals surface area contributed by atoms with E-state index < -0.39 is 0 Å². The van der Waals surface area contributed by atoms with Gasteiger partial charge >= 0.3 is 0 Å². The molecule has 0 spiro atoms. The highest BCUT2D eigenvalue weighted by atomic mass is 16.2. The first-order chi connectivity index (χ1) is 12.8. The molecule has 1 amide bonds. The summed E-state index contributed by atoms with van der Waals surface area (Å²) in [6.45, 7) is 10.2. The molecular weight excluding hydrogens is 338 g/mol. The van der Waals surface area contributed by atoms with Crippen LogP contribution in [-0.4, -0.2) is 54.6 Å². The molecule has 1 aliphatic rings. The van der Waals surface area contributed by atoms with Crippen LogP contribution in [-0.2, 0) is 0 Å². The minimum atomic E-state index is -0.290. The van der Waals surface area contributed by atoms with Crippen molar-refractivity contribution >= 4 is 23.0 Å². The van der Waals surface area contributed by atoms with Gasteiger partial charge in [0, 0.05) is 55.0 Å². The molecule has 0 saturated carbocycles. The first-order valence-electron chi connectivity index (χ1n) is 9.39. The number of carbonyl (C=O) groups excluding carboxylic acids is 1. The number of amides is 1. The van der Waals surface area contributed by atoms with E-state index in [0.717, 1.165) is 37.6 Å². The molecule has 144 valence electrons. The standard InChI is InChI=1S/C21H29N5O/c1-21(2,3)24-20(27)19-15-17(9-10-22-19)23-16-5-7-18(8-6-16)26-13-11-25(4)12-14-26/h5-10,15H,11-14H2,1-4H3,(H,22,23)(H,24,27). The van der Waals surface area contributed by atoms with Crippen LogP contribution in [0.15, 0.2) is 42.6 Å². The number of aromatic nitrogens is 1. The Morgan fingerprint density at radius 2 is 1.67 bits per heavy atom. The number of rotatable bonds is 4. The van der Waals surface area contributed by atoms with Crippen molar-refractivity contribution in [1.29, 1.82) is 0 Å². The Balaban J connectivity index is 1.65. The molecule has 0 bridgehead atoms. The molecule has 2 heterocycles. The Hall–Kier alpha value is -2.60. The van der Waals surface area contributed by atoms with Gasteiger partial charge in [0.25, 0.3) is 5.91 Å². The van der Waals surface area contributed by atoms with Crippen LogP contribution in [0.25, 0.3) is 0 Å². The lowest BCUT2D eigenvalue weighted by molar-refractivity contribution is 0.0914. The van der Waals surface area contributed by atoms with Gasteiger partial charge in [-0.05, 0) is 64.2 Å². The average Bonchev–Trinajstić information content (AvgIpc) is 2.62. The van der Waals surface area contributed by atoms with Gasteiger partial charge in [-0.3, -0.25) is 9.78 Å². The summed E-state index contributed by atoms with van der Waals surface area (Å²) in [7, 11) is 2.16. The van der Waals surface area contributed by atoms with E-state index in [-0.39, 0.29) is 11.4 Å². The van der Waals surface area contributed by atoms with Crippen LogP contribution in [0.1, 0.15) is 31.3 Å². The minimum absolute atomic E-state index is 0.170. The van der Waals surface area contributed by atoms with Crippen LogP contribution in [0.3, 0.4) is 0 Å². The van der Waals surface area contributed by atoms with Gasteiger partial charge in [0.15, 0.2) is 0 Å². The molecule has 1 aromatic carbocycles. The molecule has 0 radical (unpaired) electrons. The maximum absolute atomic E-state index is 12.3. The number of benzene rings is 1. The summed E-state index contributed by atoms with van der Waals surface area (Å²) in [4.78, 5) is 21.2. The van der Waals surface area contributed by atoms with Gasteiger partial charge in [-0.25, -0.2) is 0 Å². The molecule has 1 aromatic heterocycles. The van der Waals surface area contributed by atoms with Gasteiger partial charge < -0.3 is 20.4 Å². The quantitative estimate of drug-likeness (QED) is 0.870. The average molecular weight is 367 g/mol. The summed E-state index contributed by atoms with van der Waals surface area (Å²) < 4.78 is 0. The van der Waals surface area contributed by atoms with Crippen LogP contribution in [0, 0.1) is 0 Å². The first kappa shape index (κ1) is 19.2. The number of likely N-dealkylation sites (N-methyl/N-ethyl adjacent to an activating group) is 1. The second-order valence-corrected chi connectivity index (χ2v) is 8.10. The summed E-state index contributed by atoms with van der Waals surface area (Å²) in [5.41, 5.74) is 3.19. The predicted molar refractivity (Wildman–Crippen MR) is 111 cm³/mol. The van der Waals surface area contributed by atoms with Crippen LogP contribution < -0.4 is 15.5 Å². The summed E-state index contributed by atoms with van der Waals surface area (Å²) in [6.07, 6.45) is 1.65. The third-order valence-corrected chi connectivity index (χ3v) is 4.51. The van der Waals surface area contributed by atoms with Crippen LogP contribution in [0.2, 0.25) is 0 Å². The minimum Gasteiger partial charge on any atom is -0.369 e. The summed E-state index contributed by atoms with van der Waals surface area (Å²) >= 11 is 0. The van der Waals surface area contributed by atoms with E-state index in [1.165, 1.54) is 5.69 Å². The number of nitrogens with one attached hydrogen (secondary N) is 2. The maximum atomic E-state index is 12.3. The topological polar surface area (TPSA) is 60.5 Å². The molecule has 6 nitrogen and oxygen atoms in total. The van der Waals surface area contributed by atoms with Crippen molar-refractivity contribution in [3.63, 3.8) is 0 Å². The molecule has 0 aliphatic carbocycles. The highest BCUT2D eigenvalue weighted by Crippen LogP contribution is 2.22. The molecule has 0 unspecified atom stereocenters. The van der Waals surface area contributed by atoms with E-state index in [1.807, 2.05) is 26.8 Å². The van der Waals surface area contributed by atoms with Crippen molar-refractivity contribution in [2.75, 3.05) is 43.4 Å². The molecular formula is C21H29N5O. The number of pyridine rings is 1. The van der Waals surface area contributed by atoms with E-state index in [4.69, 9.17) is 0 Å². The SMILES string of the molecule is CN1CCN(c2ccc(Nc3ccnc(C(=O)NC(C)(C)C)c3)cc2)CC1. The van der Waals surface area contributed by atoms with Crippen LogP contribution >= 0.6 is 0 Å². The molecule has 1 aliphatic heterocycles. The number of hydrogen-bond acceptors (Lipinski definition) is 5. The maximum Gasteiger partial charge on any atom is 0.270 e. The molecule has 27 heavy (non-hydrogen) atoms. The lowest BCUT2D eigenvalue weighted by atomic mass is 10.1. The molecule has 6 heteroatoms. The van der Waals surface area contributed by atoms with Crippen molar-refractivity contribution < 1.29 is 4.79 Å². The molecule has 1 saturated heterocycles. The lowest BCUT2D eigenvalue weighted by Gasteiger charge is -2.34. The third kappa shape index (κ3) is 5.44. The molecule has 2 aromatic rings. The van der Waals surface area contributed by atoms with Crippen molar-refractivity contribution in [2.45, 2.75) is 26.3 Å². The van der Waals surface area contributed by atoms with Gasteiger partial charge in [0.2, 0.25) is 0 Å². The zero-order valence-corrected chi connectivity index (χ0v) is 16.6. The Morgan fingerprint density at radius 3 is 2.30 bits per heavy atom. The second kappa shape index (κ2) is 7.96. The van der Waals surface area contributed by atoms with E-state index in [0.29, 0.717) is 5.69 Å². The van der Waals surface area contributed by atoms with E-state index >= 15 is 0 Å². The monoisotopic (exact) mass is 367 g/mol. The number of hydrogen-bond donors (Lipinski definition) is 2. The third-order valence-electron chi connectivity index (χ3n) is 4.51. The first-order valence-corrected chi connectivity index (χ1v) is 9.39. The Kier molecular flexibility index (Phi) is 5.65. The Morgan fingerprint density at radius 1 is 1.00 bits per heavy atom. The predicted octanol–water partition coefficient (Wildman–Crippen LogP) is 3.11. The normalized spacial score (nSPS) is 15.5. The van der Waals surface area contributed by atoms with Gasteiger partial charge in [0.1, 0.15) is 5.69 Å².